The summed E-state index contributed by atoms with van der Waals surface area (Å²) < 4.78 is 0. The Balaban J connectivity index is 1.63. The Bertz CT molecular complexity index is 673. The van der Waals surface area contributed by atoms with Crippen LogP contribution in [0.2, 0.25) is 0 Å². The first kappa shape index (κ1) is 16.8. The molecule has 24 heavy (non-hydrogen) atoms. The first-order valence-corrected chi connectivity index (χ1v) is 9.26. The van der Waals surface area contributed by atoms with E-state index in [4.69, 9.17) is 0 Å². The van der Waals surface area contributed by atoms with Crippen LogP contribution in [0.25, 0.3) is 0 Å². The van der Waals surface area contributed by atoms with Crippen LogP contribution < -0.4 is 5.32 Å². The Hall–Kier alpha value is -2.02. The number of nitrogens with zero attached hydrogens (tertiary/aromatic N) is 4. The number of piperidine rings is 1. The number of hydrogen-bond donors (Lipinski definition) is 1. The molecule has 0 bridgehead atoms. The Morgan fingerprint density at radius 1 is 1.46 bits per heavy atom. The van der Waals surface area contributed by atoms with Gasteiger partial charge in [-0.2, -0.15) is 0 Å². The topological polar surface area (TPSA) is 71.0 Å². The maximum absolute atomic E-state index is 12.3. The molecular weight excluding hydrogens is 322 g/mol. The summed E-state index contributed by atoms with van der Waals surface area (Å²) in [7, 11) is 0. The maximum atomic E-state index is 12.3. The number of anilines is 2. The highest BCUT2D eigenvalue weighted by atomic mass is 32.1. The van der Waals surface area contributed by atoms with Gasteiger partial charge in [0.05, 0.1) is 11.9 Å². The van der Waals surface area contributed by atoms with Crippen LogP contribution in [0.1, 0.15) is 44.7 Å². The van der Waals surface area contributed by atoms with Gasteiger partial charge in [-0.05, 0) is 18.8 Å². The van der Waals surface area contributed by atoms with Crippen molar-refractivity contribution in [3.05, 3.63) is 29.7 Å². The van der Waals surface area contributed by atoms with Crippen molar-refractivity contribution >= 4 is 28.2 Å². The summed E-state index contributed by atoms with van der Waals surface area (Å²) in [6.45, 7) is 5.82. The lowest BCUT2D eigenvalue weighted by atomic mass is 9.95. The highest BCUT2D eigenvalue weighted by Crippen LogP contribution is 2.30. The van der Waals surface area contributed by atoms with Crippen molar-refractivity contribution in [1.82, 2.24) is 19.9 Å². The van der Waals surface area contributed by atoms with Crippen LogP contribution in [-0.4, -0.2) is 38.8 Å². The van der Waals surface area contributed by atoms with E-state index >= 15 is 0 Å². The van der Waals surface area contributed by atoms with Gasteiger partial charge in [-0.15, -0.1) is 11.3 Å². The fraction of sp³-hybridized carbons (Fsp3) is 0.529. The summed E-state index contributed by atoms with van der Waals surface area (Å²) in [5, 5.41) is 6.08. The van der Waals surface area contributed by atoms with Crippen molar-refractivity contribution in [2.75, 3.05) is 18.4 Å². The van der Waals surface area contributed by atoms with Gasteiger partial charge in [-0.1, -0.05) is 13.8 Å². The van der Waals surface area contributed by atoms with Crippen LogP contribution >= 0.6 is 11.3 Å². The number of nitrogens with one attached hydrogen (secondary N) is 1. The van der Waals surface area contributed by atoms with E-state index in [2.05, 4.69) is 39.5 Å². The number of likely N-dealkylation sites (tertiary alicyclic amines) is 1. The Kier molecular flexibility index (Phi) is 5.40. The lowest BCUT2D eigenvalue weighted by Crippen LogP contribution is -2.39. The first-order chi connectivity index (χ1) is 11.6. The molecule has 6 nitrogen and oxygen atoms in total. The van der Waals surface area contributed by atoms with Crippen molar-refractivity contribution in [1.29, 1.82) is 0 Å². The lowest BCUT2D eigenvalue weighted by molar-refractivity contribution is -0.133. The number of rotatable bonds is 5. The SMILES string of the molecule is CC(C)CC(=O)N1CCCC(c2csc(Nc3cnccn3)n2)C1. The quantitative estimate of drug-likeness (QED) is 0.899. The van der Waals surface area contributed by atoms with E-state index in [0.29, 0.717) is 24.1 Å². The van der Waals surface area contributed by atoms with E-state index in [9.17, 15) is 4.79 Å². The Labute approximate surface area is 146 Å². The van der Waals surface area contributed by atoms with Crippen molar-refractivity contribution in [2.45, 2.75) is 39.0 Å². The summed E-state index contributed by atoms with van der Waals surface area (Å²) in [4.78, 5) is 27.2. The molecule has 1 unspecified atom stereocenters. The van der Waals surface area contributed by atoms with Gasteiger partial charge < -0.3 is 10.2 Å². The molecule has 1 aliphatic heterocycles. The highest BCUT2D eigenvalue weighted by Gasteiger charge is 2.26. The molecule has 7 heteroatoms. The molecule has 0 aliphatic carbocycles. The van der Waals surface area contributed by atoms with Gasteiger partial charge in [-0.3, -0.25) is 9.78 Å². The minimum atomic E-state index is 0.267. The molecule has 0 radical (unpaired) electrons. The Morgan fingerprint density at radius 3 is 3.08 bits per heavy atom. The number of carbonyl (C=O) groups excluding carboxylic acids is 1. The van der Waals surface area contributed by atoms with Gasteiger partial charge in [0.15, 0.2) is 10.9 Å². The molecule has 0 saturated carbocycles. The molecule has 0 spiro atoms. The molecule has 3 heterocycles. The number of aromatic nitrogens is 3. The van der Waals surface area contributed by atoms with Crippen molar-refractivity contribution in [2.24, 2.45) is 5.92 Å². The van der Waals surface area contributed by atoms with Crippen LogP contribution in [0.5, 0.6) is 0 Å². The zero-order chi connectivity index (χ0) is 16.9. The molecule has 2 aromatic rings. The fourth-order valence-electron chi connectivity index (χ4n) is 2.93. The van der Waals surface area contributed by atoms with Gasteiger partial charge in [-0.25, -0.2) is 9.97 Å². The molecule has 2 aromatic heterocycles. The summed E-state index contributed by atoms with van der Waals surface area (Å²) in [6, 6.07) is 0. The first-order valence-electron chi connectivity index (χ1n) is 8.38. The van der Waals surface area contributed by atoms with E-state index in [0.717, 1.165) is 36.8 Å². The van der Waals surface area contributed by atoms with Crippen LogP contribution in [-0.2, 0) is 4.79 Å². The average Bonchev–Trinajstić information content (AvgIpc) is 3.04. The normalized spacial score (nSPS) is 18.0. The van der Waals surface area contributed by atoms with Gasteiger partial charge in [0.25, 0.3) is 0 Å². The van der Waals surface area contributed by atoms with Crippen LogP contribution in [0, 0.1) is 5.92 Å². The predicted molar refractivity (Wildman–Crippen MR) is 95.4 cm³/mol. The second-order valence-electron chi connectivity index (χ2n) is 6.57. The fourth-order valence-corrected chi connectivity index (χ4v) is 3.73. The van der Waals surface area contributed by atoms with Gasteiger partial charge in [0.2, 0.25) is 5.91 Å². The van der Waals surface area contributed by atoms with E-state index in [-0.39, 0.29) is 5.91 Å². The van der Waals surface area contributed by atoms with Crippen molar-refractivity contribution in [3.8, 4) is 0 Å². The standard InChI is InChI=1S/C17H23N5OS/c1-12(2)8-16(23)22-7-3-4-13(10-22)14-11-24-17(20-14)21-15-9-18-5-6-19-15/h5-6,9,11-13H,3-4,7-8,10H2,1-2H3,(H,19,20,21). The Morgan fingerprint density at radius 2 is 2.33 bits per heavy atom. The number of carbonyl (C=O) groups is 1. The van der Waals surface area contributed by atoms with Gasteiger partial charge >= 0.3 is 0 Å². The van der Waals surface area contributed by atoms with Crippen LogP contribution in [0.4, 0.5) is 10.9 Å². The third-order valence-corrected chi connectivity index (χ3v) is 4.87. The molecule has 1 N–H and O–H groups in total. The highest BCUT2D eigenvalue weighted by molar-refractivity contribution is 7.13. The largest absolute Gasteiger partial charge is 0.342 e. The molecule has 128 valence electrons. The van der Waals surface area contributed by atoms with Crippen molar-refractivity contribution in [3.63, 3.8) is 0 Å². The smallest absolute Gasteiger partial charge is 0.222 e. The predicted octanol–water partition coefficient (Wildman–Crippen LogP) is 3.43. The lowest BCUT2D eigenvalue weighted by Gasteiger charge is -2.32. The van der Waals surface area contributed by atoms with E-state index in [1.54, 1.807) is 29.9 Å². The third kappa shape index (κ3) is 4.29. The van der Waals surface area contributed by atoms with Crippen LogP contribution in [0.3, 0.4) is 0 Å². The zero-order valence-corrected chi connectivity index (χ0v) is 14.9. The molecule has 3 rings (SSSR count). The molecule has 1 amide bonds. The van der Waals surface area contributed by atoms with E-state index in [1.165, 1.54) is 0 Å². The second kappa shape index (κ2) is 7.70. The summed E-state index contributed by atoms with van der Waals surface area (Å²) in [6.07, 6.45) is 7.72. The number of hydrogen-bond acceptors (Lipinski definition) is 6. The molecule has 0 aromatic carbocycles. The van der Waals surface area contributed by atoms with Gasteiger partial charge in [0, 0.05) is 43.2 Å². The second-order valence-corrected chi connectivity index (χ2v) is 7.43. The molecular formula is C17H23N5OS. The van der Waals surface area contributed by atoms with E-state index < -0.39 is 0 Å². The average molecular weight is 345 g/mol. The third-order valence-electron chi connectivity index (χ3n) is 4.10. The number of thiazole rings is 1. The van der Waals surface area contributed by atoms with Gasteiger partial charge in [0.1, 0.15) is 0 Å². The van der Waals surface area contributed by atoms with Crippen molar-refractivity contribution < 1.29 is 4.79 Å². The maximum Gasteiger partial charge on any atom is 0.222 e. The summed E-state index contributed by atoms with van der Waals surface area (Å²) >= 11 is 1.56. The minimum Gasteiger partial charge on any atom is -0.342 e. The van der Waals surface area contributed by atoms with E-state index in [1.807, 2.05) is 4.90 Å². The monoisotopic (exact) mass is 345 g/mol. The zero-order valence-electron chi connectivity index (χ0n) is 14.1. The minimum absolute atomic E-state index is 0.267. The van der Waals surface area contributed by atoms with Crippen LogP contribution in [0.15, 0.2) is 24.0 Å². The summed E-state index contributed by atoms with van der Waals surface area (Å²) in [5.41, 5.74) is 1.06. The molecule has 1 aliphatic rings. The molecule has 1 atom stereocenters. The molecule has 1 saturated heterocycles. The number of amides is 1. The summed E-state index contributed by atoms with van der Waals surface area (Å²) in [5.74, 6) is 1.68. The molecule has 1 fully saturated rings.